The molecule has 1 heterocycles. The third-order valence-corrected chi connectivity index (χ3v) is 4.48. The SMILES string of the molecule is CCC(C)(C)c1ccc(O)c(-n2nc3ccc(C(=O)O)cc3n2)c1. The summed E-state index contributed by atoms with van der Waals surface area (Å²) in [5.74, 6) is -0.939. The van der Waals surface area contributed by atoms with Crippen molar-refractivity contribution in [3.05, 3.63) is 47.5 Å². The third kappa shape index (κ3) is 2.71. The van der Waals surface area contributed by atoms with Gasteiger partial charge >= 0.3 is 5.97 Å². The summed E-state index contributed by atoms with van der Waals surface area (Å²) in [7, 11) is 0. The van der Waals surface area contributed by atoms with Crippen LogP contribution in [0.3, 0.4) is 0 Å². The van der Waals surface area contributed by atoms with E-state index in [0.29, 0.717) is 16.7 Å². The van der Waals surface area contributed by atoms with Gasteiger partial charge in [0.25, 0.3) is 0 Å². The van der Waals surface area contributed by atoms with Crippen LogP contribution < -0.4 is 0 Å². The molecule has 6 heteroatoms. The Morgan fingerprint density at radius 3 is 2.50 bits per heavy atom. The number of nitrogens with zero attached hydrogens (tertiary/aromatic N) is 3. The van der Waals surface area contributed by atoms with E-state index in [0.717, 1.165) is 12.0 Å². The molecule has 1 aromatic heterocycles. The van der Waals surface area contributed by atoms with E-state index in [1.807, 2.05) is 12.1 Å². The van der Waals surface area contributed by atoms with Gasteiger partial charge in [-0.1, -0.05) is 26.8 Å². The molecule has 2 aromatic carbocycles. The molecule has 6 nitrogen and oxygen atoms in total. The fourth-order valence-electron chi connectivity index (χ4n) is 2.46. The van der Waals surface area contributed by atoms with Crippen LogP contribution in [0.1, 0.15) is 43.1 Å². The summed E-state index contributed by atoms with van der Waals surface area (Å²) in [6.45, 7) is 6.38. The average molecular weight is 325 g/mol. The van der Waals surface area contributed by atoms with Crippen LogP contribution in [0, 0.1) is 0 Å². The monoisotopic (exact) mass is 325 g/mol. The number of aromatic hydroxyl groups is 1. The normalized spacial score (nSPS) is 11.8. The minimum Gasteiger partial charge on any atom is -0.506 e. The summed E-state index contributed by atoms with van der Waals surface area (Å²) in [4.78, 5) is 12.4. The zero-order valence-electron chi connectivity index (χ0n) is 13.8. The number of aromatic carboxylic acids is 1. The number of benzene rings is 2. The summed E-state index contributed by atoms with van der Waals surface area (Å²) in [6.07, 6.45) is 0.952. The smallest absolute Gasteiger partial charge is 0.335 e. The lowest BCUT2D eigenvalue weighted by Crippen LogP contribution is -2.16. The number of carboxylic acid groups (broad SMARTS) is 1. The fourth-order valence-corrected chi connectivity index (χ4v) is 2.46. The first-order valence-electron chi connectivity index (χ1n) is 7.76. The van der Waals surface area contributed by atoms with Crippen LogP contribution in [0.2, 0.25) is 0 Å². The molecule has 0 atom stereocenters. The van der Waals surface area contributed by atoms with Gasteiger partial charge in [0.15, 0.2) is 0 Å². The van der Waals surface area contributed by atoms with E-state index >= 15 is 0 Å². The van der Waals surface area contributed by atoms with Gasteiger partial charge in [0.2, 0.25) is 0 Å². The molecule has 0 radical (unpaired) electrons. The number of aromatic nitrogens is 3. The first-order valence-corrected chi connectivity index (χ1v) is 7.76. The lowest BCUT2D eigenvalue weighted by Gasteiger charge is -2.24. The Hall–Kier alpha value is -2.89. The van der Waals surface area contributed by atoms with Crippen molar-refractivity contribution in [3.8, 4) is 11.4 Å². The van der Waals surface area contributed by atoms with Crippen molar-refractivity contribution < 1.29 is 15.0 Å². The second-order valence-corrected chi connectivity index (χ2v) is 6.44. The van der Waals surface area contributed by atoms with Crippen molar-refractivity contribution in [1.82, 2.24) is 15.0 Å². The molecule has 0 fully saturated rings. The van der Waals surface area contributed by atoms with Gasteiger partial charge in [-0.3, -0.25) is 0 Å². The summed E-state index contributed by atoms with van der Waals surface area (Å²) in [5.41, 5.74) is 2.70. The van der Waals surface area contributed by atoms with Crippen molar-refractivity contribution in [3.63, 3.8) is 0 Å². The first-order chi connectivity index (χ1) is 11.3. The molecule has 0 saturated heterocycles. The van der Waals surface area contributed by atoms with Crippen LogP contribution in [-0.2, 0) is 5.41 Å². The molecule has 0 aliphatic carbocycles. The molecule has 3 aromatic rings. The van der Waals surface area contributed by atoms with E-state index in [9.17, 15) is 9.90 Å². The van der Waals surface area contributed by atoms with E-state index in [4.69, 9.17) is 5.11 Å². The molecule has 0 saturated carbocycles. The number of carboxylic acids is 1. The van der Waals surface area contributed by atoms with Gasteiger partial charge in [0.1, 0.15) is 22.5 Å². The van der Waals surface area contributed by atoms with E-state index in [1.54, 1.807) is 12.1 Å². The van der Waals surface area contributed by atoms with Crippen LogP contribution in [0.25, 0.3) is 16.7 Å². The van der Waals surface area contributed by atoms with Crippen molar-refractivity contribution in [2.45, 2.75) is 32.6 Å². The quantitative estimate of drug-likeness (QED) is 0.766. The molecular weight excluding hydrogens is 306 g/mol. The highest BCUT2D eigenvalue weighted by Gasteiger charge is 2.20. The predicted octanol–water partition coefficient (Wildman–Crippen LogP) is 3.51. The number of phenolic OH excluding ortho intramolecular Hbond substituents is 1. The average Bonchev–Trinajstić information content (AvgIpc) is 2.97. The number of hydrogen-bond donors (Lipinski definition) is 2. The van der Waals surface area contributed by atoms with Crippen molar-refractivity contribution in [2.24, 2.45) is 0 Å². The zero-order chi connectivity index (χ0) is 17.5. The molecule has 2 N–H and O–H groups in total. The lowest BCUT2D eigenvalue weighted by atomic mass is 9.82. The molecule has 0 bridgehead atoms. The number of fused-ring (bicyclic) bond motifs is 1. The number of carbonyl (C=O) groups is 1. The van der Waals surface area contributed by atoms with Crippen LogP contribution in [0.4, 0.5) is 0 Å². The van der Waals surface area contributed by atoms with E-state index in [-0.39, 0.29) is 16.7 Å². The zero-order valence-corrected chi connectivity index (χ0v) is 13.8. The van der Waals surface area contributed by atoms with E-state index in [2.05, 4.69) is 31.0 Å². The first kappa shape index (κ1) is 16.0. The Kier molecular flexibility index (Phi) is 3.75. The highest BCUT2D eigenvalue weighted by Crippen LogP contribution is 2.31. The second-order valence-electron chi connectivity index (χ2n) is 6.44. The summed E-state index contributed by atoms with van der Waals surface area (Å²) in [6, 6.07) is 9.97. The highest BCUT2D eigenvalue weighted by molar-refractivity contribution is 5.92. The Bertz CT molecular complexity index is 928. The third-order valence-electron chi connectivity index (χ3n) is 4.48. The minimum atomic E-state index is -1.01. The molecule has 0 aliphatic heterocycles. The molecule has 0 spiro atoms. The Labute approximate surface area is 139 Å². The number of phenols is 1. The van der Waals surface area contributed by atoms with Gasteiger partial charge in [-0.2, -0.15) is 0 Å². The molecule has 124 valence electrons. The van der Waals surface area contributed by atoms with Crippen molar-refractivity contribution in [1.29, 1.82) is 0 Å². The number of rotatable bonds is 4. The fraction of sp³-hybridized carbons (Fsp3) is 0.278. The summed E-state index contributed by atoms with van der Waals surface area (Å²) in [5, 5.41) is 27.9. The molecule has 3 rings (SSSR count). The predicted molar refractivity (Wildman–Crippen MR) is 90.8 cm³/mol. The van der Waals surface area contributed by atoms with Crippen LogP contribution in [0.5, 0.6) is 5.75 Å². The van der Waals surface area contributed by atoms with Crippen LogP contribution in [0.15, 0.2) is 36.4 Å². The van der Waals surface area contributed by atoms with Gasteiger partial charge in [-0.25, -0.2) is 4.79 Å². The Morgan fingerprint density at radius 1 is 1.12 bits per heavy atom. The van der Waals surface area contributed by atoms with E-state index < -0.39 is 5.97 Å². The molecule has 24 heavy (non-hydrogen) atoms. The molecule has 0 aliphatic rings. The minimum absolute atomic E-state index is 0.0362. The number of hydrogen-bond acceptors (Lipinski definition) is 4. The molecular formula is C18H19N3O3. The topological polar surface area (TPSA) is 88.2 Å². The van der Waals surface area contributed by atoms with Gasteiger partial charge < -0.3 is 10.2 Å². The van der Waals surface area contributed by atoms with Gasteiger partial charge in [-0.05, 0) is 47.7 Å². The largest absolute Gasteiger partial charge is 0.506 e. The maximum Gasteiger partial charge on any atom is 0.335 e. The molecule has 0 amide bonds. The lowest BCUT2D eigenvalue weighted by molar-refractivity contribution is 0.0697. The highest BCUT2D eigenvalue weighted by atomic mass is 16.4. The standard InChI is InChI=1S/C18H19N3O3/c1-4-18(2,3)12-6-8-16(22)15(10-12)21-19-13-7-5-11(17(23)24)9-14(13)20-21/h5-10,22H,4H2,1-3H3,(H,23,24). The second kappa shape index (κ2) is 5.63. The van der Waals surface area contributed by atoms with E-state index in [1.165, 1.54) is 16.9 Å². The summed E-state index contributed by atoms with van der Waals surface area (Å²) < 4.78 is 0. The summed E-state index contributed by atoms with van der Waals surface area (Å²) >= 11 is 0. The van der Waals surface area contributed by atoms with Crippen molar-refractivity contribution >= 4 is 17.0 Å². The molecule has 0 unspecified atom stereocenters. The van der Waals surface area contributed by atoms with Gasteiger partial charge in [0.05, 0.1) is 5.56 Å². The van der Waals surface area contributed by atoms with Crippen LogP contribution in [-0.4, -0.2) is 31.2 Å². The van der Waals surface area contributed by atoms with Gasteiger partial charge in [0, 0.05) is 0 Å². The maximum atomic E-state index is 11.1. The maximum absolute atomic E-state index is 11.1. The van der Waals surface area contributed by atoms with Crippen LogP contribution >= 0.6 is 0 Å². The Balaban J connectivity index is 2.13. The van der Waals surface area contributed by atoms with Crippen molar-refractivity contribution in [2.75, 3.05) is 0 Å². The van der Waals surface area contributed by atoms with Gasteiger partial charge in [-0.15, -0.1) is 15.0 Å². The Morgan fingerprint density at radius 2 is 1.83 bits per heavy atom.